The molecular formula is C15H17N3O4. The Morgan fingerprint density at radius 1 is 1.45 bits per heavy atom. The zero-order valence-corrected chi connectivity index (χ0v) is 12.2. The van der Waals surface area contributed by atoms with E-state index in [0.29, 0.717) is 11.3 Å². The van der Waals surface area contributed by atoms with E-state index in [4.69, 9.17) is 4.84 Å². The van der Waals surface area contributed by atoms with Crippen LogP contribution in [0.1, 0.15) is 38.2 Å². The van der Waals surface area contributed by atoms with Gasteiger partial charge in [-0.15, -0.1) is 0 Å². The van der Waals surface area contributed by atoms with Crippen LogP contribution < -0.4 is 5.32 Å². The molecule has 7 nitrogen and oxygen atoms in total. The van der Waals surface area contributed by atoms with Gasteiger partial charge in [-0.25, -0.2) is 0 Å². The standard InChI is InChI=1S/C15H17N3O4/c1-15(7-4-8-15)16-14(19)13-9-11(17-22-13)10-5-2-3-6-12(10)18(20)21/h2-3,5-6,13H,4,7-9H2,1H3,(H,16,19)/t13-/m1/s1. The lowest BCUT2D eigenvalue weighted by atomic mass is 9.78. The normalized spacial score (nSPS) is 22.2. The first-order valence-electron chi connectivity index (χ1n) is 7.27. The Hall–Kier alpha value is -2.44. The SMILES string of the molecule is CC1(NC(=O)[C@H]2CC(c3ccccc3[N+](=O)[O-])=NO2)CCC1. The average molecular weight is 303 g/mol. The molecule has 1 fully saturated rings. The van der Waals surface area contributed by atoms with Gasteiger partial charge in [-0.2, -0.15) is 0 Å². The minimum atomic E-state index is -0.716. The Morgan fingerprint density at radius 2 is 2.18 bits per heavy atom. The molecule has 1 amide bonds. The number of carbonyl (C=O) groups is 1. The predicted octanol–water partition coefficient (Wildman–Crippen LogP) is 2.15. The molecule has 7 heteroatoms. The Balaban J connectivity index is 1.69. The van der Waals surface area contributed by atoms with Gasteiger partial charge >= 0.3 is 0 Å². The highest BCUT2D eigenvalue weighted by Gasteiger charge is 2.38. The predicted molar refractivity (Wildman–Crippen MR) is 79.5 cm³/mol. The van der Waals surface area contributed by atoms with Gasteiger partial charge in [-0.05, 0) is 32.3 Å². The monoisotopic (exact) mass is 303 g/mol. The Labute approximate surface area is 127 Å². The minimum Gasteiger partial charge on any atom is -0.382 e. The van der Waals surface area contributed by atoms with Gasteiger partial charge < -0.3 is 10.2 Å². The van der Waals surface area contributed by atoms with Crippen LogP contribution >= 0.6 is 0 Å². The second-order valence-electron chi connectivity index (χ2n) is 6.01. The molecule has 1 N–H and O–H groups in total. The van der Waals surface area contributed by atoms with Crippen LogP contribution in [0, 0.1) is 10.1 Å². The summed E-state index contributed by atoms with van der Waals surface area (Å²) in [5.41, 5.74) is 0.655. The van der Waals surface area contributed by atoms with Gasteiger partial charge in [0.15, 0.2) is 0 Å². The molecule has 0 saturated heterocycles. The molecule has 0 spiro atoms. The third-order valence-electron chi connectivity index (χ3n) is 4.26. The quantitative estimate of drug-likeness (QED) is 0.681. The molecule has 1 aromatic carbocycles. The summed E-state index contributed by atoms with van der Waals surface area (Å²) in [5, 5.41) is 17.9. The van der Waals surface area contributed by atoms with E-state index in [2.05, 4.69) is 10.5 Å². The highest BCUT2D eigenvalue weighted by atomic mass is 16.6. The molecule has 22 heavy (non-hydrogen) atoms. The van der Waals surface area contributed by atoms with Crippen molar-refractivity contribution in [3.63, 3.8) is 0 Å². The van der Waals surface area contributed by atoms with Gasteiger partial charge in [-0.1, -0.05) is 17.3 Å². The van der Waals surface area contributed by atoms with Gasteiger partial charge in [0.25, 0.3) is 11.6 Å². The number of rotatable bonds is 4. The lowest BCUT2D eigenvalue weighted by Crippen LogP contribution is -2.53. The molecule has 1 atom stereocenters. The number of nitrogens with zero attached hydrogens (tertiary/aromatic N) is 2. The average Bonchev–Trinajstić information content (AvgIpc) is 2.95. The van der Waals surface area contributed by atoms with Crippen molar-refractivity contribution >= 4 is 17.3 Å². The molecule has 1 aliphatic carbocycles. The number of amides is 1. The van der Waals surface area contributed by atoms with Gasteiger partial charge in [0.1, 0.15) is 0 Å². The maximum absolute atomic E-state index is 12.2. The smallest absolute Gasteiger partial charge is 0.278 e. The highest BCUT2D eigenvalue weighted by Crippen LogP contribution is 2.31. The van der Waals surface area contributed by atoms with Gasteiger partial charge in [0.2, 0.25) is 6.10 Å². The van der Waals surface area contributed by atoms with E-state index < -0.39 is 11.0 Å². The summed E-state index contributed by atoms with van der Waals surface area (Å²) in [5.74, 6) is -0.209. The number of nitro groups is 1. The van der Waals surface area contributed by atoms with E-state index in [1.54, 1.807) is 18.2 Å². The first kappa shape index (κ1) is 14.5. The summed E-state index contributed by atoms with van der Waals surface area (Å²) in [7, 11) is 0. The molecule has 1 heterocycles. The molecule has 1 aliphatic heterocycles. The fraction of sp³-hybridized carbons (Fsp3) is 0.467. The van der Waals surface area contributed by atoms with Crippen LogP contribution in [-0.2, 0) is 9.63 Å². The second-order valence-corrected chi connectivity index (χ2v) is 6.01. The van der Waals surface area contributed by atoms with Crippen LogP contribution in [0.5, 0.6) is 0 Å². The molecule has 116 valence electrons. The Morgan fingerprint density at radius 3 is 2.82 bits per heavy atom. The molecule has 3 rings (SSSR count). The molecule has 1 saturated carbocycles. The number of oxime groups is 1. The number of nitrogens with one attached hydrogen (secondary N) is 1. The van der Waals surface area contributed by atoms with E-state index in [9.17, 15) is 14.9 Å². The summed E-state index contributed by atoms with van der Waals surface area (Å²) < 4.78 is 0. The summed E-state index contributed by atoms with van der Waals surface area (Å²) in [6.07, 6.45) is 2.56. The van der Waals surface area contributed by atoms with Crippen LogP contribution in [-0.4, -0.2) is 28.2 Å². The number of hydrogen-bond acceptors (Lipinski definition) is 5. The maximum Gasteiger partial charge on any atom is 0.278 e. The summed E-state index contributed by atoms with van der Waals surface area (Å²) >= 11 is 0. The molecule has 0 bridgehead atoms. The van der Waals surface area contributed by atoms with Gasteiger partial charge in [0, 0.05) is 18.0 Å². The maximum atomic E-state index is 12.2. The number of para-hydroxylation sites is 1. The number of benzene rings is 1. The lowest BCUT2D eigenvalue weighted by molar-refractivity contribution is -0.385. The van der Waals surface area contributed by atoms with Crippen molar-refractivity contribution in [2.75, 3.05) is 0 Å². The summed E-state index contributed by atoms with van der Waals surface area (Å²) in [6, 6.07) is 6.34. The van der Waals surface area contributed by atoms with Crippen LogP contribution in [0.25, 0.3) is 0 Å². The van der Waals surface area contributed by atoms with Crippen LogP contribution in [0.4, 0.5) is 5.69 Å². The lowest BCUT2D eigenvalue weighted by Gasteiger charge is -2.39. The van der Waals surface area contributed by atoms with Crippen molar-refractivity contribution in [2.24, 2.45) is 5.16 Å². The van der Waals surface area contributed by atoms with E-state index in [-0.39, 0.29) is 23.6 Å². The van der Waals surface area contributed by atoms with Gasteiger partial charge in [-0.3, -0.25) is 14.9 Å². The fourth-order valence-electron chi connectivity index (χ4n) is 2.76. The number of hydrogen-bond donors (Lipinski definition) is 1. The van der Waals surface area contributed by atoms with Crippen LogP contribution in [0.15, 0.2) is 29.4 Å². The Kier molecular flexibility index (Phi) is 3.56. The zero-order chi connectivity index (χ0) is 15.7. The highest BCUT2D eigenvalue weighted by molar-refractivity contribution is 6.06. The number of nitro benzene ring substituents is 1. The van der Waals surface area contributed by atoms with Crippen molar-refractivity contribution in [2.45, 2.75) is 44.2 Å². The van der Waals surface area contributed by atoms with E-state index >= 15 is 0 Å². The van der Waals surface area contributed by atoms with Crippen molar-refractivity contribution < 1.29 is 14.6 Å². The summed E-state index contributed by atoms with van der Waals surface area (Å²) in [6.45, 7) is 2.01. The Bertz CT molecular complexity index is 652. The van der Waals surface area contributed by atoms with Gasteiger partial charge in [0.05, 0.1) is 16.2 Å². The molecular weight excluding hydrogens is 286 g/mol. The molecule has 0 aromatic heterocycles. The molecule has 2 aliphatic rings. The van der Waals surface area contributed by atoms with Crippen molar-refractivity contribution in [1.82, 2.24) is 5.32 Å². The zero-order valence-electron chi connectivity index (χ0n) is 12.2. The third kappa shape index (κ3) is 2.66. The third-order valence-corrected chi connectivity index (χ3v) is 4.26. The van der Waals surface area contributed by atoms with E-state index in [0.717, 1.165) is 19.3 Å². The first-order chi connectivity index (χ1) is 10.5. The molecule has 1 aromatic rings. The minimum absolute atomic E-state index is 0.0307. The second kappa shape index (κ2) is 5.40. The van der Waals surface area contributed by atoms with E-state index in [1.807, 2.05) is 6.92 Å². The number of carbonyl (C=O) groups excluding carboxylic acids is 1. The fourth-order valence-corrected chi connectivity index (χ4v) is 2.76. The van der Waals surface area contributed by atoms with Crippen molar-refractivity contribution in [3.8, 4) is 0 Å². The summed E-state index contributed by atoms with van der Waals surface area (Å²) in [4.78, 5) is 28.0. The van der Waals surface area contributed by atoms with Crippen molar-refractivity contribution in [3.05, 3.63) is 39.9 Å². The first-order valence-corrected chi connectivity index (χ1v) is 7.27. The molecule has 0 unspecified atom stereocenters. The largest absolute Gasteiger partial charge is 0.382 e. The van der Waals surface area contributed by atoms with E-state index in [1.165, 1.54) is 6.07 Å². The molecule has 0 radical (unpaired) electrons. The van der Waals surface area contributed by atoms with Crippen molar-refractivity contribution in [1.29, 1.82) is 0 Å². The topological polar surface area (TPSA) is 93.8 Å². The van der Waals surface area contributed by atoms with Crippen LogP contribution in [0.3, 0.4) is 0 Å². The van der Waals surface area contributed by atoms with Crippen LogP contribution in [0.2, 0.25) is 0 Å².